The summed E-state index contributed by atoms with van der Waals surface area (Å²) in [5, 5.41) is 0. The van der Waals surface area contributed by atoms with Gasteiger partial charge in [0.2, 0.25) is 0 Å². The van der Waals surface area contributed by atoms with E-state index < -0.39 is 0 Å². The average molecular weight is 209 g/mol. The second kappa shape index (κ2) is 9.05. The normalized spacial score (nSPS) is 7.38. The van der Waals surface area contributed by atoms with Gasteiger partial charge in [-0.25, -0.2) is 0 Å². The predicted octanol–water partition coefficient (Wildman–Crippen LogP) is 2.97. The van der Waals surface area contributed by atoms with E-state index in [2.05, 4.69) is 12.1 Å². The van der Waals surface area contributed by atoms with Crippen LogP contribution in [0.5, 0.6) is 0 Å². The summed E-state index contributed by atoms with van der Waals surface area (Å²) in [6.45, 7) is 0. The first-order valence-electron chi connectivity index (χ1n) is 3.82. The largest absolute Gasteiger partial charge is 2.00 e. The summed E-state index contributed by atoms with van der Waals surface area (Å²) in [6, 6.07) is 25.0. The molecule has 0 spiro atoms. The van der Waals surface area contributed by atoms with Crippen LogP contribution in [0.25, 0.3) is 0 Å². The van der Waals surface area contributed by atoms with Crippen molar-refractivity contribution in [2.45, 2.75) is 0 Å². The zero-order valence-corrected chi connectivity index (χ0v) is 8.33. The molecule has 0 aromatic heterocycles. The fourth-order valence-corrected chi connectivity index (χ4v) is 0.684. The molecule has 0 fully saturated rings. The SMILES string of the molecule is [Mn+2].[c-]1ccccc1.[c-]1ccccc1. The molecule has 0 atom stereocenters. The molecule has 1 heteroatoms. The summed E-state index contributed by atoms with van der Waals surface area (Å²) < 4.78 is 0. The maximum atomic E-state index is 2.89. The molecule has 0 aliphatic carbocycles. The van der Waals surface area contributed by atoms with Gasteiger partial charge in [-0.1, -0.05) is 0 Å². The zero-order chi connectivity index (χ0) is 8.49. The van der Waals surface area contributed by atoms with Crippen LogP contribution in [0.1, 0.15) is 0 Å². The third-order valence-electron chi connectivity index (χ3n) is 1.21. The average Bonchev–Trinajstić information content (AvgIpc) is 2.24. The molecule has 65 valence electrons. The molecule has 2 aromatic carbocycles. The molecule has 0 saturated carbocycles. The van der Waals surface area contributed by atoms with Gasteiger partial charge in [-0.15, -0.1) is 0 Å². The predicted molar refractivity (Wildman–Crippen MR) is 50.6 cm³/mol. The van der Waals surface area contributed by atoms with Crippen molar-refractivity contribution in [1.29, 1.82) is 0 Å². The van der Waals surface area contributed by atoms with Crippen molar-refractivity contribution in [3.63, 3.8) is 0 Å². The van der Waals surface area contributed by atoms with Gasteiger partial charge in [0.25, 0.3) is 0 Å². The summed E-state index contributed by atoms with van der Waals surface area (Å²) in [6.07, 6.45) is 0. The third kappa shape index (κ3) is 7.32. The Morgan fingerprint density at radius 3 is 0.846 bits per heavy atom. The molecule has 0 nitrogen and oxygen atoms in total. The minimum Gasteiger partial charge on any atom is -0.184 e. The molecule has 0 aliphatic heterocycles. The Hall–Kier alpha value is -1.04. The summed E-state index contributed by atoms with van der Waals surface area (Å²) in [5.41, 5.74) is 0. The molecular formula is C12H10Mn. The van der Waals surface area contributed by atoms with Crippen LogP contribution in [0.15, 0.2) is 60.7 Å². The van der Waals surface area contributed by atoms with Gasteiger partial charge in [-0.3, -0.25) is 0 Å². The Balaban J connectivity index is 0.000000206. The van der Waals surface area contributed by atoms with Crippen molar-refractivity contribution in [3.8, 4) is 0 Å². The molecule has 0 aliphatic rings. The molecule has 0 N–H and O–H groups in total. The molecule has 0 bridgehead atoms. The van der Waals surface area contributed by atoms with Gasteiger partial charge < -0.3 is 0 Å². The van der Waals surface area contributed by atoms with Gasteiger partial charge in [0, 0.05) is 0 Å². The Labute approximate surface area is 90.1 Å². The first kappa shape index (κ1) is 12.0. The molecule has 1 radical (unpaired) electrons. The molecule has 0 unspecified atom stereocenters. The van der Waals surface area contributed by atoms with Gasteiger partial charge in [-0.2, -0.15) is 72.8 Å². The summed E-state index contributed by atoms with van der Waals surface area (Å²) in [4.78, 5) is 0. The molecule has 2 aromatic rings. The van der Waals surface area contributed by atoms with Crippen molar-refractivity contribution in [2.75, 3.05) is 0 Å². The fraction of sp³-hybridized carbons (Fsp3) is 0. The first-order chi connectivity index (χ1) is 6.00. The molecule has 0 saturated heterocycles. The van der Waals surface area contributed by atoms with Crippen molar-refractivity contribution in [3.05, 3.63) is 72.8 Å². The smallest absolute Gasteiger partial charge is 0.184 e. The van der Waals surface area contributed by atoms with E-state index in [9.17, 15) is 0 Å². The van der Waals surface area contributed by atoms with Gasteiger partial charge in [0.05, 0.1) is 0 Å². The van der Waals surface area contributed by atoms with E-state index >= 15 is 0 Å². The molecule has 2 rings (SSSR count). The Morgan fingerprint density at radius 2 is 0.769 bits per heavy atom. The standard InChI is InChI=1S/2C6H5.Mn/c2*1-2-4-6-5-3-1;/h2*1-5H;/q2*-1;+2. The first-order valence-corrected chi connectivity index (χ1v) is 3.82. The summed E-state index contributed by atoms with van der Waals surface area (Å²) in [5.74, 6) is 0. The third-order valence-corrected chi connectivity index (χ3v) is 1.21. The monoisotopic (exact) mass is 209 g/mol. The van der Waals surface area contributed by atoms with Crippen molar-refractivity contribution >= 4 is 0 Å². The van der Waals surface area contributed by atoms with Crippen molar-refractivity contribution in [1.82, 2.24) is 0 Å². The maximum Gasteiger partial charge on any atom is 2.00 e. The van der Waals surface area contributed by atoms with E-state index in [-0.39, 0.29) is 17.1 Å². The Morgan fingerprint density at radius 1 is 0.462 bits per heavy atom. The van der Waals surface area contributed by atoms with E-state index in [1.165, 1.54) is 0 Å². The van der Waals surface area contributed by atoms with Crippen LogP contribution < -0.4 is 0 Å². The van der Waals surface area contributed by atoms with Crippen LogP contribution in [-0.4, -0.2) is 0 Å². The molecule has 0 amide bonds. The van der Waals surface area contributed by atoms with Crippen LogP contribution >= 0.6 is 0 Å². The number of hydrogen-bond acceptors (Lipinski definition) is 0. The van der Waals surface area contributed by atoms with E-state index in [0.717, 1.165) is 0 Å². The Bertz CT molecular complexity index is 181. The van der Waals surface area contributed by atoms with Crippen molar-refractivity contribution in [2.24, 2.45) is 0 Å². The van der Waals surface area contributed by atoms with Crippen LogP contribution in [0.4, 0.5) is 0 Å². The van der Waals surface area contributed by atoms with Crippen LogP contribution in [0, 0.1) is 12.1 Å². The minimum absolute atomic E-state index is 0. The van der Waals surface area contributed by atoms with Crippen molar-refractivity contribution < 1.29 is 17.1 Å². The maximum absolute atomic E-state index is 2.89. The number of benzene rings is 2. The second-order valence-corrected chi connectivity index (χ2v) is 2.15. The van der Waals surface area contributed by atoms with E-state index in [0.29, 0.717) is 0 Å². The van der Waals surface area contributed by atoms with Crippen LogP contribution in [0.2, 0.25) is 0 Å². The second-order valence-electron chi connectivity index (χ2n) is 2.15. The van der Waals surface area contributed by atoms with Gasteiger partial charge in [0.1, 0.15) is 0 Å². The molecule has 0 heterocycles. The topological polar surface area (TPSA) is 0 Å². The van der Waals surface area contributed by atoms with Crippen LogP contribution in [-0.2, 0) is 17.1 Å². The van der Waals surface area contributed by atoms with E-state index in [4.69, 9.17) is 0 Å². The number of hydrogen-bond donors (Lipinski definition) is 0. The van der Waals surface area contributed by atoms with E-state index in [1.807, 2.05) is 60.7 Å². The summed E-state index contributed by atoms with van der Waals surface area (Å²) in [7, 11) is 0. The van der Waals surface area contributed by atoms with Gasteiger partial charge >= 0.3 is 17.1 Å². The van der Waals surface area contributed by atoms with Crippen LogP contribution in [0.3, 0.4) is 0 Å². The Kier molecular flexibility index (Phi) is 8.33. The number of rotatable bonds is 0. The van der Waals surface area contributed by atoms with Gasteiger partial charge in [-0.05, 0) is 0 Å². The van der Waals surface area contributed by atoms with Gasteiger partial charge in [0.15, 0.2) is 0 Å². The fourth-order valence-electron chi connectivity index (χ4n) is 0.684. The summed E-state index contributed by atoms with van der Waals surface area (Å²) >= 11 is 0. The molecule has 13 heavy (non-hydrogen) atoms. The molecular weight excluding hydrogens is 199 g/mol. The quantitative estimate of drug-likeness (QED) is 0.462. The minimum atomic E-state index is 0. The van der Waals surface area contributed by atoms with E-state index in [1.54, 1.807) is 0 Å². The zero-order valence-electron chi connectivity index (χ0n) is 7.15.